The molecule has 94 valence electrons. The third-order valence-electron chi connectivity index (χ3n) is 2.66. The molecule has 0 saturated heterocycles. The smallest absolute Gasteiger partial charge is 0.297 e. The van der Waals surface area contributed by atoms with Gasteiger partial charge in [-0.3, -0.25) is 8.98 Å². The topological polar surface area (TPSA) is 84.3 Å². The molecular formula is C12H11NO4S. The molecule has 1 aliphatic carbocycles. The Morgan fingerprint density at radius 3 is 2.67 bits per heavy atom. The minimum absolute atomic E-state index is 0.0278. The number of carbonyl (C=O) groups excluding carboxylic acids is 1. The fraction of sp³-hybridized carbons (Fsp3) is 0.167. The number of benzene rings is 1. The molecule has 0 saturated carbocycles. The molecule has 0 heterocycles. The van der Waals surface area contributed by atoms with Crippen molar-refractivity contribution in [3.05, 3.63) is 35.4 Å². The molecule has 6 heteroatoms. The number of fused-ring (bicyclic) bond motifs is 1. The van der Waals surface area contributed by atoms with Crippen LogP contribution in [0.5, 0.6) is 0 Å². The van der Waals surface area contributed by atoms with E-state index in [1.54, 1.807) is 6.07 Å². The maximum absolute atomic E-state index is 11.9. The van der Waals surface area contributed by atoms with E-state index in [9.17, 15) is 13.2 Å². The lowest BCUT2D eigenvalue weighted by Gasteiger charge is -2.08. The van der Waals surface area contributed by atoms with Crippen molar-refractivity contribution in [2.45, 2.75) is 11.3 Å². The van der Waals surface area contributed by atoms with E-state index in [-0.39, 0.29) is 28.4 Å². The molecule has 5 nitrogen and oxygen atoms in total. The number of carbonyl (C=O) groups is 1. The Labute approximate surface area is 105 Å². The standard InChI is InChI=1S/C12H11NO4S/c1-17-18(15,16)12-4-2-3-9-10(12)6-5-8(13)7-11(9)14/h2-6,13H,7H2,1H3. The van der Waals surface area contributed by atoms with Gasteiger partial charge < -0.3 is 5.41 Å². The van der Waals surface area contributed by atoms with Crippen LogP contribution in [0.25, 0.3) is 6.08 Å². The van der Waals surface area contributed by atoms with E-state index in [1.807, 2.05) is 0 Å². The highest BCUT2D eigenvalue weighted by molar-refractivity contribution is 7.86. The summed E-state index contributed by atoms with van der Waals surface area (Å²) < 4.78 is 28.0. The Kier molecular flexibility index (Phi) is 3.14. The summed E-state index contributed by atoms with van der Waals surface area (Å²) in [4.78, 5) is 11.8. The van der Waals surface area contributed by atoms with Crippen molar-refractivity contribution in [1.82, 2.24) is 0 Å². The molecule has 1 aromatic carbocycles. The number of Topliss-reactive ketones (excluding diaryl/α,β-unsaturated/α-hetero) is 1. The molecular weight excluding hydrogens is 254 g/mol. The number of ketones is 1. The van der Waals surface area contributed by atoms with E-state index in [2.05, 4.69) is 4.18 Å². The number of nitrogens with one attached hydrogen (secondary N) is 1. The molecule has 0 atom stereocenters. The van der Waals surface area contributed by atoms with Gasteiger partial charge in [0.2, 0.25) is 0 Å². The zero-order chi connectivity index (χ0) is 13.3. The van der Waals surface area contributed by atoms with Crippen LogP contribution in [0, 0.1) is 5.41 Å². The summed E-state index contributed by atoms with van der Waals surface area (Å²) >= 11 is 0. The molecule has 0 spiro atoms. The van der Waals surface area contributed by atoms with Crippen LogP contribution in [0.4, 0.5) is 0 Å². The van der Waals surface area contributed by atoms with Crippen LogP contribution in [0.1, 0.15) is 22.3 Å². The zero-order valence-corrected chi connectivity index (χ0v) is 10.5. The lowest BCUT2D eigenvalue weighted by Crippen LogP contribution is -2.09. The predicted molar refractivity (Wildman–Crippen MR) is 66.3 cm³/mol. The van der Waals surface area contributed by atoms with Gasteiger partial charge in [-0.1, -0.05) is 18.2 Å². The van der Waals surface area contributed by atoms with Crippen molar-refractivity contribution in [1.29, 1.82) is 5.41 Å². The van der Waals surface area contributed by atoms with Crippen molar-refractivity contribution in [2.75, 3.05) is 7.11 Å². The molecule has 0 aromatic heterocycles. The summed E-state index contributed by atoms with van der Waals surface area (Å²) in [6.45, 7) is 0. The van der Waals surface area contributed by atoms with Crippen molar-refractivity contribution >= 4 is 27.7 Å². The van der Waals surface area contributed by atoms with Gasteiger partial charge in [0.25, 0.3) is 10.1 Å². The highest BCUT2D eigenvalue weighted by atomic mass is 32.2. The van der Waals surface area contributed by atoms with Crippen LogP contribution in [-0.4, -0.2) is 27.0 Å². The van der Waals surface area contributed by atoms with Gasteiger partial charge >= 0.3 is 0 Å². The summed E-state index contributed by atoms with van der Waals surface area (Å²) in [6.07, 6.45) is 2.87. The normalized spacial score (nSPS) is 15.4. The van der Waals surface area contributed by atoms with Gasteiger partial charge in [-0.25, -0.2) is 0 Å². The first-order valence-electron chi connectivity index (χ1n) is 5.18. The number of allylic oxidation sites excluding steroid dienone is 1. The number of hydrogen-bond acceptors (Lipinski definition) is 5. The lowest BCUT2D eigenvalue weighted by atomic mass is 10.0. The quantitative estimate of drug-likeness (QED) is 0.824. The first-order valence-corrected chi connectivity index (χ1v) is 6.59. The number of rotatable bonds is 2. The summed E-state index contributed by atoms with van der Waals surface area (Å²) in [7, 11) is -2.80. The highest BCUT2D eigenvalue weighted by Gasteiger charge is 2.23. The van der Waals surface area contributed by atoms with Crippen LogP contribution in [0.15, 0.2) is 29.2 Å². The van der Waals surface area contributed by atoms with Gasteiger partial charge in [0.15, 0.2) is 5.78 Å². The Hall–Kier alpha value is -1.79. The van der Waals surface area contributed by atoms with Crippen LogP contribution < -0.4 is 0 Å². The Morgan fingerprint density at radius 1 is 1.28 bits per heavy atom. The predicted octanol–water partition coefficient (Wildman–Crippen LogP) is 1.64. The van der Waals surface area contributed by atoms with E-state index in [0.717, 1.165) is 7.11 Å². The van der Waals surface area contributed by atoms with Gasteiger partial charge in [-0.2, -0.15) is 8.42 Å². The van der Waals surface area contributed by atoms with Crippen LogP contribution in [-0.2, 0) is 14.3 Å². The third-order valence-corrected chi connectivity index (χ3v) is 3.99. The van der Waals surface area contributed by atoms with Crippen LogP contribution >= 0.6 is 0 Å². The molecule has 0 radical (unpaired) electrons. The average Bonchev–Trinajstić information content (AvgIpc) is 2.49. The molecule has 1 aliphatic rings. The van der Waals surface area contributed by atoms with Gasteiger partial charge in [0.05, 0.1) is 13.5 Å². The van der Waals surface area contributed by atoms with Crippen molar-refractivity contribution in [3.8, 4) is 0 Å². The molecule has 18 heavy (non-hydrogen) atoms. The molecule has 0 fully saturated rings. The second kappa shape index (κ2) is 4.47. The van der Waals surface area contributed by atoms with Gasteiger partial charge in [0, 0.05) is 16.8 Å². The highest BCUT2D eigenvalue weighted by Crippen LogP contribution is 2.26. The molecule has 2 rings (SSSR count). The van der Waals surface area contributed by atoms with E-state index >= 15 is 0 Å². The van der Waals surface area contributed by atoms with Crippen molar-refractivity contribution in [2.24, 2.45) is 0 Å². The van der Waals surface area contributed by atoms with Gasteiger partial charge in [-0.15, -0.1) is 0 Å². The van der Waals surface area contributed by atoms with Gasteiger partial charge in [-0.05, 0) is 12.1 Å². The maximum Gasteiger partial charge on any atom is 0.297 e. The second-order valence-electron chi connectivity index (χ2n) is 3.80. The van der Waals surface area contributed by atoms with E-state index in [1.165, 1.54) is 24.3 Å². The Bertz CT molecular complexity index is 659. The first-order chi connectivity index (χ1) is 8.45. The fourth-order valence-electron chi connectivity index (χ4n) is 1.78. The monoisotopic (exact) mass is 265 g/mol. The Balaban J connectivity index is 2.74. The summed E-state index contributed by atoms with van der Waals surface area (Å²) in [6, 6.07) is 4.42. The van der Waals surface area contributed by atoms with Crippen LogP contribution in [0.3, 0.4) is 0 Å². The van der Waals surface area contributed by atoms with E-state index in [0.29, 0.717) is 5.56 Å². The second-order valence-corrected chi connectivity index (χ2v) is 5.48. The summed E-state index contributed by atoms with van der Waals surface area (Å²) in [5.41, 5.74) is 0.732. The third kappa shape index (κ3) is 2.12. The lowest BCUT2D eigenvalue weighted by molar-refractivity contribution is 0.100. The molecule has 1 aromatic rings. The molecule has 0 unspecified atom stereocenters. The van der Waals surface area contributed by atoms with Crippen molar-refractivity contribution < 1.29 is 17.4 Å². The van der Waals surface area contributed by atoms with Crippen LogP contribution in [0.2, 0.25) is 0 Å². The first kappa shape index (κ1) is 12.7. The molecule has 0 aliphatic heterocycles. The van der Waals surface area contributed by atoms with Crippen molar-refractivity contribution in [3.63, 3.8) is 0 Å². The maximum atomic E-state index is 11.9. The average molecular weight is 265 g/mol. The fourth-order valence-corrected chi connectivity index (χ4v) is 2.65. The minimum atomic E-state index is -3.87. The molecule has 1 N–H and O–H groups in total. The summed E-state index contributed by atoms with van der Waals surface area (Å²) in [5.74, 6) is -0.270. The number of hydrogen-bond donors (Lipinski definition) is 1. The molecule has 0 amide bonds. The van der Waals surface area contributed by atoms with Gasteiger partial charge in [0.1, 0.15) is 4.90 Å². The molecule has 0 bridgehead atoms. The largest absolute Gasteiger partial charge is 0.305 e. The Morgan fingerprint density at radius 2 is 2.00 bits per heavy atom. The SMILES string of the molecule is COS(=O)(=O)c1cccc2c1C=CC(=N)CC2=O. The minimum Gasteiger partial charge on any atom is -0.305 e. The van der Waals surface area contributed by atoms with E-state index in [4.69, 9.17) is 5.41 Å². The van der Waals surface area contributed by atoms with E-state index < -0.39 is 10.1 Å². The summed E-state index contributed by atoms with van der Waals surface area (Å²) in [5, 5.41) is 7.52. The zero-order valence-electron chi connectivity index (χ0n) is 9.64.